The minimum atomic E-state index is -2.90. The summed E-state index contributed by atoms with van der Waals surface area (Å²) in [4.78, 5) is 0. The molecule has 0 fully saturated rings. The maximum absolute atomic E-state index is 11.1. The fraction of sp³-hybridized carbons (Fsp3) is 0.600. The fourth-order valence-electron chi connectivity index (χ4n) is 0.353. The van der Waals surface area contributed by atoms with E-state index in [2.05, 4.69) is 9.05 Å². The van der Waals surface area contributed by atoms with Gasteiger partial charge in [-0.05, 0) is 0 Å². The van der Waals surface area contributed by atoms with Crippen molar-refractivity contribution >= 4 is 7.60 Å². The van der Waals surface area contributed by atoms with Crippen molar-refractivity contribution in [1.82, 2.24) is 0 Å². The van der Waals surface area contributed by atoms with Crippen LogP contribution in [0.3, 0.4) is 0 Å². The lowest BCUT2D eigenvalue weighted by molar-refractivity contribution is 0.279. The molecule has 0 saturated carbocycles. The Morgan fingerprint density at radius 2 is 2.33 bits per heavy atom. The zero-order valence-corrected chi connectivity index (χ0v) is 6.43. The molecule has 0 aliphatic carbocycles. The zero-order valence-electron chi connectivity index (χ0n) is 6.53. The van der Waals surface area contributed by atoms with Gasteiger partial charge in [0.25, 0.3) is 0 Å². The molecule has 0 spiro atoms. The molecule has 0 saturated heterocycles. The van der Waals surface area contributed by atoms with Crippen LogP contribution in [0.4, 0.5) is 0 Å². The Bertz CT molecular complexity index is 149. The van der Waals surface area contributed by atoms with E-state index >= 15 is 0 Å². The van der Waals surface area contributed by atoms with Gasteiger partial charge in [-0.2, -0.15) is 0 Å². The molecular weight excluding hydrogens is 139 g/mol. The van der Waals surface area contributed by atoms with E-state index in [9.17, 15) is 4.57 Å². The van der Waals surface area contributed by atoms with Crippen molar-refractivity contribution in [3.8, 4) is 0 Å². The van der Waals surface area contributed by atoms with Gasteiger partial charge in [-0.3, -0.25) is 4.57 Å². The van der Waals surface area contributed by atoms with Gasteiger partial charge in [-0.15, -0.1) is 6.55 Å². The third-order valence-electron chi connectivity index (χ3n) is 0.885. The molecule has 0 aliphatic rings. The summed E-state index contributed by atoms with van der Waals surface area (Å²) < 4.78 is 26.9. The van der Waals surface area contributed by atoms with E-state index in [1.807, 2.05) is 0 Å². The number of allylic oxidation sites excluding steroid dienone is 1. The highest BCUT2D eigenvalue weighted by Gasteiger charge is 2.17. The monoisotopic (exact) mass is 151 g/mol. The van der Waals surface area contributed by atoms with Crippen LogP contribution in [0.2, 0.25) is 0 Å². The van der Waals surface area contributed by atoms with Gasteiger partial charge < -0.3 is 9.05 Å². The lowest BCUT2D eigenvalue weighted by Gasteiger charge is -2.09. The smallest absolute Gasteiger partial charge is 0.312 e. The first-order valence-corrected chi connectivity index (χ1v) is 4.15. The second-order valence-electron chi connectivity index (χ2n) is 1.39. The Morgan fingerprint density at radius 1 is 1.78 bits per heavy atom. The normalized spacial score (nSPS) is 14.2. The summed E-state index contributed by atoms with van der Waals surface area (Å²) in [5.41, 5.74) is 0. The van der Waals surface area contributed by atoms with Crippen molar-refractivity contribution in [3.63, 3.8) is 0 Å². The Morgan fingerprint density at radius 3 is 2.67 bits per heavy atom. The van der Waals surface area contributed by atoms with Gasteiger partial charge in [0.15, 0.2) is 0 Å². The highest BCUT2D eigenvalue weighted by Crippen LogP contribution is 2.45. The third kappa shape index (κ3) is 2.80. The minimum Gasteiger partial charge on any atom is -0.312 e. The summed E-state index contributed by atoms with van der Waals surface area (Å²) in [5, 5.41) is 0. The van der Waals surface area contributed by atoms with Gasteiger partial charge in [0, 0.05) is 14.2 Å². The summed E-state index contributed by atoms with van der Waals surface area (Å²) in [5.74, 6) is 0. The van der Waals surface area contributed by atoms with Gasteiger partial charge in [0.05, 0.1) is 7.53 Å². The van der Waals surface area contributed by atoms with Crippen LogP contribution in [-0.2, 0) is 13.6 Å². The SMILES string of the molecule is [2H]C=CCP(=O)(OC)OC. The fourth-order valence-corrected chi connectivity index (χ4v) is 1.06. The van der Waals surface area contributed by atoms with Crippen LogP contribution in [0, 0.1) is 0 Å². The minimum absolute atomic E-state index is 0.156. The number of rotatable bonds is 4. The van der Waals surface area contributed by atoms with Gasteiger partial charge in [-0.1, -0.05) is 6.08 Å². The molecule has 3 nitrogen and oxygen atoms in total. The molecule has 0 N–H and O–H groups in total. The van der Waals surface area contributed by atoms with Crippen LogP contribution in [-0.4, -0.2) is 20.4 Å². The molecule has 0 aromatic heterocycles. The summed E-state index contributed by atoms with van der Waals surface area (Å²) in [7, 11) is -0.261. The second kappa shape index (κ2) is 3.83. The summed E-state index contributed by atoms with van der Waals surface area (Å²) in [6, 6.07) is 0. The number of hydrogen-bond donors (Lipinski definition) is 0. The molecule has 0 radical (unpaired) electrons. The van der Waals surface area contributed by atoms with E-state index in [-0.39, 0.29) is 6.16 Å². The van der Waals surface area contributed by atoms with Crippen molar-refractivity contribution in [2.24, 2.45) is 0 Å². The summed E-state index contributed by atoms with van der Waals surface area (Å²) in [6.45, 7) is 1.06. The molecule has 0 amide bonds. The average Bonchev–Trinajstić information content (AvgIpc) is 2.00. The lowest BCUT2D eigenvalue weighted by atomic mass is 10.8. The first-order chi connectivity index (χ1) is 4.68. The van der Waals surface area contributed by atoms with Gasteiger partial charge in [0.1, 0.15) is 0 Å². The van der Waals surface area contributed by atoms with E-state index < -0.39 is 7.60 Å². The highest BCUT2D eigenvalue weighted by molar-refractivity contribution is 7.54. The van der Waals surface area contributed by atoms with Crippen molar-refractivity contribution in [1.29, 1.82) is 0 Å². The third-order valence-corrected chi connectivity index (χ3v) is 2.66. The van der Waals surface area contributed by atoms with E-state index in [0.29, 0.717) is 0 Å². The number of hydrogen-bond acceptors (Lipinski definition) is 3. The standard InChI is InChI=1S/C5H11O3P/c1-4-5-9(6,7-2)8-3/h4H,1,5H2,2-3H3/i1D. The maximum atomic E-state index is 11.1. The first kappa shape index (κ1) is 7.00. The van der Waals surface area contributed by atoms with Crippen LogP contribution in [0.15, 0.2) is 12.6 Å². The van der Waals surface area contributed by atoms with Crippen LogP contribution in [0.25, 0.3) is 0 Å². The quantitative estimate of drug-likeness (QED) is 0.452. The largest absolute Gasteiger partial charge is 0.333 e. The molecule has 0 unspecified atom stereocenters. The summed E-state index contributed by atoms with van der Waals surface area (Å²) in [6.07, 6.45) is 1.58. The molecule has 0 rings (SSSR count). The van der Waals surface area contributed by atoms with Gasteiger partial charge in [0.2, 0.25) is 0 Å². The molecule has 0 heterocycles. The van der Waals surface area contributed by atoms with E-state index in [0.717, 1.165) is 6.55 Å². The van der Waals surface area contributed by atoms with Crippen molar-refractivity contribution < 1.29 is 15.0 Å². The van der Waals surface area contributed by atoms with E-state index in [4.69, 9.17) is 1.37 Å². The molecule has 0 aromatic carbocycles. The molecule has 54 valence electrons. The lowest BCUT2D eigenvalue weighted by Crippen LogP contribution is -1.90. The topological polar surface area (TPSA) is 35.5 Å². The van der Waals surface area contributed by atoms with Crippen molar-refractivity contribution in [2.45, 2.75) is 0 Å². The van der Waals surface area contributed by atoms with Crippen molar-refractivity contribution in [3.05, 3.63) is 12.6 Å². The van der Waals surface area contributed by atoms with Crippen LogP contribution in [0.5, 0.6) is 0 Å². The molecule has 4 heteroatoms. The van der Waals surface area contributed by atoms with Crippen LogP contribution >= 0.6 is 7.60 Å². The molecule has 0 bridgehead atoms. The Hall–Kier alpha value is -0.110. The van der Waals surface area contributed by atoms with Crippen LogP contribution < -0.4 is 0 Å². The predicted octanol–water partition coefficient (Wildman–Crippen LogP) is 1.66. The average molecular weight is 151 g/mol. The first-order valence-electron chi connectivity index (χ1n) is 3.00. The molecule has 9 heavy (non-hydrogen) atoms. The maximum Gasteiger partial charge on any atom is 0.333 e. The van der Waals surface area contributed by atoms with Gasteiger partial charge >= 0.3 is 7.60 Å². The highest BCUT2D eigenvalue weighted by atomic mass is 31.2. The van der Waals surface area contributed by atoms with E-state index in [1.165, 1.54) is 20.3 Å². The summed E-state index contributed by atoms with van der Waals surface area (Å²) >= 11 is 0. The van der Waals surface area contributed by atoms with E-state index in [1.54, 1.807) is 0 Å². The molecule has 0 aromatic rings. The molecule has 0 aliphatic heterocycles. The Balaban J connectivity index is 3.94. The predicted molar refractivity (Wildman–Crippen MR) is 36.7 cm³/mol. The molecule has 0 atom stereocenters. The zero-order chi connectivity index (χ0) is 8.04. The Labute approximate surface area is 56.6 Å². The molecular formula is C5H11O3P. The van der Waals surface area contributed by atoms with Crippen molar-refractivity contribution in [2.75, 3.05) is 20.4 Å². The van der Waals surface area contributed by atoms with Crippen LogP contribution in [0.1, 0.15) is 1.37 Å². The second-order valence-corrected chi connectivity index (χ2v) is 3.71. The van der Waals surface area contributed by atoms with Gasteiger partial charge in [-0.25, -0.2) is 0 Å². The Kier molecular flexibility index (Phi) is 2.98.